The minimum Gasteiger partial charge on any atom is -0.307 e. The van der Waals surface area contributed by atoms with Crippen LogP contribution in [0.5, 0.6) is 0 Å². The standard InChI is InChI=1S/C11H14F3N3/c1-6(2)3-9-16-8-5-15-4-7(8)10(17-9)11(12,13)14/h6,15H,3-5H2,1-2H3. The van der Waals surface area contributed by atoms with Crippen molar-refractivity contribution in [3.05, 3.63) is 22.8 Å². The molecular weight excluding hydrogens is 231 g/mol. The summed E-state index contributed by atoms with van der Waals surface area (Å²) in [4.78, 5) is 7.87. The van der Waals surface area contributed by atoms with E-state index in [9.17, 15) is 13.2 Å². The number of fused-ring (bicyclic) bond motifs is 1. The van der Waals surface area contributed by atoms with Gasteiger partial charge in [0.25, 0.3) is 0 Å². The molecule has 0 bridgehead atoms. The van der Waals surface area contributed by atoms with Crippen molar-refractivity contribution in [2.45, 2.75) is 39.5 Å². The van der Waals surface area contributed by atoms with Gasteiger partial charge in [0.05, 0.1) is 5.69 Å². The summed E-state index contributed by atoms with van der Waals surface area (Å²) in [7, 11) is 0. The monoisotopic (exact) mass is 245 g/mol. The van der Waals surface area contributed by atoms with Crippen LogP contribution in [0.25, 0.3) is 0 Å². The van der Waals surface area contributed by atoms with Crippen molar-refractivity contribution in [3.63, 3.8) is 0 Å². The Hall–Kier alpha value is -1.17. The maximum atomic E-state index is 12.8. The van der Waals surface area contributed by atoms with Gasteiger partial charge in [0.2, 0.25) is 0 Å². The molecule has 2 heterocycles. The topological polar surface area (TPSA) is 37.8 Å². The summed E-state index contributed by atoms with van der Waals surface area (Å²) in [5, 5.41) is 2.88. The first kappa shape index (κ1) is 12.3. The summed E-state index contributed by atoms with van der Waals surface area (Å²) < 4.78 is 38.5. The zero-order valence-corrected chi connectivity index (χ0v) is 9.73. The normalized spacial score (nSPS) is 15.4. The smallest absolute Gasteiger partial charge is 0.307 e. The molecule has 17 heavy (non-hydrogen) atoms. The largest absolute Gasteiger partial charge is 0.433 e. The number of nitrogens with one attached hydrogen (secondary N) is 1. The van der Waals surface area contributed by atoms with Crippen molar-refractivity contribution in [2.75, 3.05) is 0 Å². The van der Waals surface area contributed by atoms with Gasteiger partial charge in [-0.3, -0.25) is 0 Å². The van der Waals surface area contributed by atoms with Gasteiger partial charge in [0, 0.05) is 25.1 Å². The maximum absolute atomic E-state index is 12.8. The van der Waals surface area contributed by atoms with Gasteiger partial charge in [0.1, 0.15) is 5.82 Å². The Morgan fingerprint density at radius 1 is 1.24 bits per heavy atom. The zero-order valence-electron chi connectivity index (χ0n) is 9.73. The Bertz CT molecular complexity index is 427. The molecule has 0 spiro atoms. The minimum atomic E-state index is -4.40. The van der Waals surface area contributed by atoms with E-state index < -0.39 is 11.9 Å². The third-order valence-corrected chi connectivity index (χ3v) is 2.59. The molecule has 1 aromatic heterocycles. The molecule has 0 saturated carbocycles. The van der Waals surface area contributed by atoms with Gasteiger partial charge in [0.15, 0.2) is 5.69 Å². The Kier molecular flexibility index (Phi) is 3.07. The summed E-state index contributed by atoms with van der Waals surface area (Å²) in [6, 6.07) is 0. The van der Waals surface area contributed by atoms with Crippen LogP contribution < -0.4 is 5.32 Å². The van der Waals surface area contributed by atoms with Crippen LogP contribution in [0.2, 0.25) is 0 Å². The van der Waals surface area contributed by atoms with Gasteiger partial charge in [-0.15, -0.1) is 0 Å². The molecule has 0 amide bonds. The van der Waals surface area contributed by atoms with Gasteiger partial charge < -0.3 is 5.32 Å². The lowest BCUT2D eigenvalue weighted by Gasteiger charge is -2.13. The molecule has 0 radical (unpaired) electrons. The molecule has 1 aliphatic heterocycles. The molecule has 2 rings (SSSR count). The summed E-state index contributed by atoms with van der Waals surface area (Å²) in [5.41, 5.74) is -0.0869. The molecule has 1 aliphatic rings. The SMILES string of the molecule is CC(C)Cc1nc2c(c(C(F)(F)F)n1)CNC2. The predicted octanol–water partition coefficient (Wildman–Crippen LogP) is 2.30. The van der Waals surface area contributed by atoms with E-state index in [1.54, 1.807) is 0 Å². The molecule has 3 nitrogen and oxygen atoms in total. The van der Waals surface area contributed by atoms with Gasteiger partial charge in [-0.05, 0) is 5.92 Å². The van der Waals surface area contributed by atoms with Crippen LogP contribution in [0.1, 0.15) is 36.6 Å². The Morgan fingerprint density at radius 3 is 2.53 bits per heavy atom. The van der Waals surface area contributed by atoms with Gasteiger partial charge in [-0.2, -0.15) is 13.2 Å². The maximum Gasteiger partial charge on any atom is 0.433 e. The Labute approximate surface area is 97.5 Å². The van der Waals surface area contributed by atoms with Gasteiger partial charge in [-0.1, -0.05) is 13.8 Å². The molecular formula is C11H14F3N3. The van der Waals surface area contributed by atoms with Crippen LogP contribution in [0, 0.1) is 5.92 Å². The van der Waals surface area contributed by atoms with E-state index >= 15 is 0 Å². The summed E-state index contributed by atoms with van der Waals surface area (Å²) in [6.45, 7) is 4.46. The van der Waals surface area contributed by atoms with Gasteiger partial charge >= 0.3 is 6.18 Å². The second-order valence-electron chi connectivity index (χ2n) is 4.61. The lowest BCUT2D eigenvalue weighted by Crippen LogP contribution is -2.16. The first-order valence-corrected chi connectivity index (χ1v) is 5.54. The number of hydrogen-bond acceptors (Lipinski definition) is 3. The van der Waals surface area contributed by atoms with E-state index in [-0.39, 0.29) is 23.9 Å². The highest BCUT2D eigenvalue weighted by Gasteiger charge is 2.38. The minimum absolute atomic E-state index is 0.199. The molecule has 0 saturated heterocycles. The van der Waals surface area contributed by atoms with Crippen LogP contribution in [0.4, 0.5) is 13.2 Å². The van der Waals surface area contributed by atoms with Crippen molar-refractivity contribution in [3.8, 4) is 0 Å². The van der Waals surface area contributed by atoms with E-state index in [2.05, 4.69) is 15.3 Å². The van der Waals surface area contributed by atoms with Crippen LogP contribution in [-0.2, 0) is 25.7 Å². The fourth-order valence-electron chi connectivity index (χ4n) is 1.91. The molecule has 0 fully saturated rings. The molecule has 0 atom stereocenters. The molecule has 94 valence electrons. The third kappa shape index (κ3) is 2.57. The fourth-order valence-corrected chi connectivity index (χ4v) is 1.91. The van der Waals surface area contributed by atoms with E-state index in [1.807, 2.05) is 13.8 Å². The average Bonchev–Trinajstić information content (AvgIpc) is 2.61. The van der Waals surface area contributed by atoms with Crippen LogP contribution in [0.3, 0.4) is 0 Å². The third-order valence-electron chi connectivity index (χ3n) is 2.59. The van der Waals surface area contributed by atoms with E-state index in [1.165, 1.54) is 0 Å². The molecule has 0 unspecified atom stereocenters. The Morgan fingerprint density at radius 2 is 1.94 bits per heavy atom. The van der Waals surface area contributed by atoms with Crippen molar-refractivity contribution in [1.82, 2.24) is 15.3 Å². The summed E-state index contributed by atoms with van der Waals surface area (Å²) in [6.07, 6.45) is -3.93. The number of nitrogens with zero attached hydrogens (tertiary/aromatic N) is 2. The second-order valence-corrected chi connectivity index (χ2v) is 4.61. The number of rotatable bonds is 2. The number of hydrogen-bond donors (Lipinski definition) is 1. The predicted molar refractivity (Wildman–Crippen MR) is 56.1 cm³/mol. The van der Waals surface area contributed by atoms with Crippen LogP contribution >= 0.6 is 0 Å². The number of aromatic nitrogens is 2. The van der Waals surface area contributed by atoms with Crippen molar-refractivity contribution in [2.24, 2.45) is 5.92 Å². The number of alkyl halides is 3. The average molecular weight is 245 g/mol. The van der Waals surface area contributed by atoms with E-state index in [4.69, 9.17) is 0 Å². The van der Waals surface area contributed by atoms with E-state index in [0.717, 1.165) is 0 Å². The quantitative estimate of drug-likeness (QED) is 0.868. The fraction of sp³-hybridized carbons (Fsp3) is 0.636. The van der Waals surface area contributed by atoms with Crippen molar-refractivity contribution >= 4 is 0 Å². The molecule has 1 aromatic rings. The summed E-state index contributed by atoms with van der Waals surface area (Å²) in [5.74, 6) is 0.526. The molecule has 0 aromatic carbocycles. The molecule has 0 aliphatic carbocycles. The molecule has 6 heteroatoms. The Balaban J connectivity index is 2.46. The van der Waals surface area contributed by atoms with Gasteiger partial charge in [-0.25, -0.2) is 9.97 Å². The highest BCUT2D eigenvalue weighted by molar-refractivity contribution is 5.31. The van der Waals surface area contributed by atoms with Crippen LogP contribution in [-0.4, -0.2) is 9.97 Å². The first-order valence-electron chi connectivity index (χ1n) is 5.54. The lowest BCUT2D eigenvalue weighted by molar-refractivity contribution is -0.142. The van der Waals surface area contributed by atoms with E-state index in [0.29, 0.717) is 18.7 Å². The van der Waals surface area contributed by atoms with Crippen molar-refractivity contribution in [1.29, 1.82) is 0 Å². The van der Waals surface area contributed by atoms with Crippen LogP contribution in [0.15, 0.2) is 0 Å². The highest BCUT2D eigenvalue weighted by atomic mass is 19.4. The molecule has 1 N–H and O–H groups in total. The highest BCUT2D eigenvalue weighted by Crippen LogP contribution is 2.33. The summed E-state index contributed by atoms with van der Waals surface area (Å²) >= 11 is 0. The lowest BCUT2D eigenvalue weighted by atomic mass is 10.1. The first-order chi connectivity index (χ1) is 7.88. The number of halogens is 3. The zero-order chi connectivity index (χ0) is 12.6. The second kappa shape index (κ2) is 4.25. The van der Waals surface area contributed by atoms with Crippen molar-refractivity contribution < 1.29 is 13.2 Å².